The Hall–Kier alpha value is -3.08. The number of hydrogen-bond donors (Lipinski definition) is 1. The van der Waals surface area contributed by atoms with Gasteiger partial charge in [-0.05, 0) is 42.7 Å². The molecule has 140 valence electrons. The van der Waals surface area contributed by atoms with Crippen LogP contribution in [0, 0.1) is 6.92 Å². The number of hydrogen-bond acceptors (Lipinski definition) is 3. The summed E-state index contributed by atoms with van der Waals surface area (Å²) in [6.07, 6.45) is 0.819. The van der Waals surface area contributed by atoms with Crippen molar-refractivity contribution in [3.05, 3.63) is 75.6 Å². The second kappa shape index (κ2) is 8.08. The van der Waals surface area contributed by atoms with Crippen molar-refractivity contribution in [2.45, 2.75) is 33.4 Å². The van der Waals surface area contributed by atoms with E-state index in [1.165, 1.54) is 0 Å². The van der Waals surface area contributed by atoms with E-state index in [4.69, 9.17) is 4.74 Å². The lowest BCUT2D eigenvalue weighted by Crippen LogP contribution is -2.34. The number of aryl methyl sites for hydroxylation is 2. The summed E-state index contributed by atoms with van der Waals surface area (Å²) in [6, 6.07) is 15.2. The summed E-state index contributed by atoms with van der Waals surface area (Å²) in [5, 5.41) is 3.81. The fourth-order valence-corrected chi connectivity index (χ4v) is 3.29. The van der Waals surface area contributed by atoms with Gasteiger partial charge in [-0.15, -0.1) is 0 Å². The van der Waals surface area contributed by atoms with Crippen molar-refractivity contribution >= 4 is 16.8 Å². The highest BCUT2D eigenvalue weighted by Gasteiger charge is 2.19. The van der Waals surface area contributed by atoms with E-state index in [-0.39, 0.29) is 17.0 Å². The van der Waals surface area contributed by atoms with Crippen LogP contribution in [0.25, 0.3) is 10.9 Å². The molecule has 0 saturated heterocycles. The van der Waals surface area contributed by atoms with Crippen LogP contribution in [0.15, 0.2) is 53.3 Å². The Balaban J connectivity index is 1.94. The van der Waals surface area contributed by atoms with E-state index in [2.05, 4.69) is 5.32 Å². The number of para-hydroxylation sites is 1. The van der Waals surface area contributed by atoms with E-state index in [9.17, 15) is 9.59 Å². The molecular formula is C22H24N2O3. The molecule has 3 aromatic rings. The first kappa shape index (κ1) is 18.7. The summed E-state index contributed by atoms with van der Waals surface area (Å²) < 4.78 is 6.84. The molecule has 3 rings (SSSR count). The van der Waals surface area contributed by atoms with Crippen molar-refractivity contribution in [1.82, 2.24) is 9.88 Å². The molecule has 1 amide bonds. The third-order valence-electron chi connectivity index (χ3n) is 4.72. The molecule has 0 saturated carbocycles. The molecule has 5 heteroatoms. The van der Waals surface area contributed by atoms with Crippen molar-refractivity contribution in [2.75, 3.05) is 7.11 Å². The molecule has 0 unspecified atom stereocenters. The number of pyridine rings is 1. The largest absolute Gasteiger partial charge is 0.497 e. The highest BCUT2D eigenvalue weighted by Crippen LogP contribution is 2.20. The Morgan fingerprint density at radius 1 is 1.11 bits per heavy atom. The van der Waals surface area contributed by atoms with Gasteiger partial charge in [0.25, 0.3) is 11.5 Å². The predicted octanol–water partition coefficient (Wildman–Crippen LogP) is 3.66. The third-order valence-corrected chi connectivity index (χ3v) is 4.72. The normalized spacial score (nSPS) is 10.8. The van der Waals surface area contributed by atoms with Crippen LogP contribution in [0.1, 0.15) is 34.8 Å². The summed E-state index contributed by atoms with van der Waals surface area (Å²) in [5.41, 5.74) is 2.51. The average molecular weight is 364 g/mol. The summed E-state index contributed by atoms with van der Waals surface area (Å²) in [4.78, 5) is 25.8. The molecule has 1 heterocycles. The highest BCUT2D eigenvalue weighted by molar-refractivity contribution is 6.00. The number of nitrogens with one attached hydrogen (secondary N) is 1. The Labute approximate surface area is 158 Å². The number of amides is 1. The molecular weight excluding hydrogens is 340 g/mol. The molecule has 0 fully saturated rings. The SMILES string of the molecule is CCCn1c(=O)c(C(=O)NCc2ccc(OC)cc2)c(C)c2ccccc21. The number of carbonyl (C=O) groups excluding carboxylic acids is 1. The fourth-order valence-electron chi connectivity index (χ4n) is 3.29. The van der Waals surface area contributed by atoms with E-state index in [1.807, 2.05) is 62.4 Å². The number of nitrogens with zero attached hydrogens (tertiary/aromatic N) is 1. The van der Waals surface area contributed by atoms with Crippen LogP contribution < -0.4 is 15.6 Å². The van der Waals surface area contributed by atoms with E-state index in [0.29, 0.717) is 13.1 Å². The minimum Gasteiger partial charge on any atom is -0.497 e. The molecule has 0 aliphatic rings. The minimum atomic E-state index is -0.344. The summed E-state index contributed by atoms with van der Waals surface area (Å²) in [6.45, 7) is 4.79. The van der Waals surface area contributed by atoms with Crippen LogP contribution in [0.5, 0.6) is 5.75 Å². The second-order valence-electron chi connectivity index (χ2n) is 6.50. The Morgan fingerprint density at radius 3 is 2.48 bits per heavy atom. The van der Waals surface area contributed by atoms with Crippen LogP contribution in [0.3, 0.4) is 0 Å². The van der Waals surface area contributed by atoms with Crippen LogP contribution in [-0.4, -0.2) is 17.6 Å². The Morgan fingerprint density at radius 2 is 1.81 bits per heavy atom. The Kier molecular flexibility index (Phi) is 5.60. The smallest absolute Gasteiger partial charge is 0.264 e. The number of rotatable bonds is 6. The zero-order chi connectivity index (χ0) is 19.4. The summed E-state index contributed by atoms with van der Waals surface area (Å²) in [5.74, 6) is 0.418. The minimum absolute atomic E-state index is 0.218. The molecule has 1 N–H and O–H groups in total. The quantitative estimate of drug-likeness (QED) is 0.726. The van der Waals surface area contributed by atoms with E-state index >= 15 is 0 Å². The zero-order valence-electron chi connectivity index (χ0n) is 15.9. The molecule has 2 aromatic carbocycles. The van der Waals surface area contributed by atoms with Crippen LogP contribution in [0.4, 0.5) is 0 Å². The van der Waals surface area contributed by atoms with Gasteiger partial charge in [0.05, 0.1) is 12.6 Å². The van der Waals surface area contributed by atoms with E-state index in [0.717, 1.165) is 34.2 Å². The number of benzene rings is 2. The van der Waals surface area contributed by atoms with Gasteiger partial charge in [0.15, 0.2) is 0 Å². The standard InChI is InChI=1S/C22H24N2O3/c1-4-13-24-19-8-6-5-7-18(19)15(2)20(22(24)26)21(25)23-14-16-9-11-17(27-3)12-10-16/h5-12H,4,13-14H2,1-3H3,(H,23,25). The lowest BCUT2D eigenvalue weighted by molar-refractivity contribution is 0.0948. The molecule has 0 spiro atoms. The van der Waals surface area contributed by atoms with Gasteiger partial charge in [0, 0.05) is 18.5 Å². The van der Waals surface area contributed by atoms with Gasteiger partial charge in [0.2, 0.25) is 0 Å². The van der Waals surface area contributed by atoms with Gasteiger partial charge in [-0.3, -0.25) is 9.59 Å². The first-order valence-electron chi connectivity index (χ1n) is 9.10. The van der Waals surface area contributed by atoms with Crippen LogP contribution in [-0.2, 0) is 13.1 Å². The molecule has 5 nitrogen and oxygen atoms in total. The maximum absolute atomic E-state index is 13.0. The number of methoxy groups -OCH3 is 1. The monoisotopic (exact) mass is 364 g/mol. The highest BCUT2D eigenvalue weighted by atomic mass is 16.5. The second-order valence-corrected chi connectivity index (χ2v) is 6.50. The predicted molar refractivity (Wildman–Crippen MR) is 107 cm³/mol. The molecule has 0 aliphatic heterocycles. The lowest BCUT2D eigenvalue weighted by Gasteiger charge is -2.15. The van der Waals surface area contributed by atoms with Crippen molar-refractivity contribution in [3.8, 4) is 5.75 Å². The van der Waals surface area contributed by atoms with Crippen LogP contribution >= 0.6 is 0 Å². The van der Waals surface area contributed by atoms with E-state index in [1.54, 1.807) is 11.7 Å². The molecule has 0 bridgehead atoms. The molecule has 0 atom stereocenters. The first-order valence-corrected chi connectivity index (χ1v) is 9.10. The van der Waals surface area contributed by atoms with E-state index < -0.39 is 0 Å². The van der Waals surface area contributed by atoms with Gasteiger partial charge in [0.1, 0.15) is 11.3 Å². The summed E-state index contributed by atoms with van der Waals surface area (Å²) in [7, 11) is 1.61. The maximum atomic E-state index is 13.0. The molecule has 0 radical (unpaired) electrons. The van der Waals surface area contributed by atoms with Gasteiger partial charge >= 0.3 is 0 Å². The Bertz CT molecular complexity index is 1020. The molecule has 27 heavy (non-hydrogen) atoms. The summed E-state index contributed by atoms with van der Waals surface area (Å²) >= 11 is 0. The lowest BCUT2D eigenvalue weighted by atomic mass is 10.0. The number of fused-ring (bicyclic) bond motifs is 1. The van der Waals surface area contributed by atoms with Crippen molar-refractivity contribution in [2.24, 2.45) is 0 Å². The number of aromatic nitrogens is 1. The van der Waals surface area contributed by atoms with Gasteiger partial charge in [-0.2, -0.15) is 0 Å². The van der Waals surface area contributed by atoms with Crippen molar-refractivity contribution in [1.29, 1.82) is 0 Å². The topological polar surface area (TPSA) is 60.3 Å². The van der Waals surface area contributed by atoms with Gasteiger partial charge in [-0.1, -0.05) is 37.3 Å². The third kappa shape index (κ3) is 3.72. The van der Waals surface area contributed by atoms with Crippen molar-refractivity contribution < 1.29 is 9.53 Å². The first-order chi connectivity index (χ1) is 13.1. The average Bonchev–Trinajstić information content (AvgIpc) is 2.70. The zero-order valence-corrected chi connectivity index (χ0v) is 15.9. The number of ether oxygens (including phenoxy) is 1. The van der Waals surface area contributed by atoms with Crippen molar-refractivity contribution in [3.63, 3.8) is 0 Å². The maximum Gasteiger partial charge on any atom is 0.264 e. The van der Waals surface area contributed by atoms with Gasteiger partial charge < -0.3 is 14.6 Å². The fraction of sp³-hybridized carbons (Fsp3) is 0.273. The van der Waals surface area contributed by atoms with Crippen LogP contribution in [0.2, 0.25) is 0 Å². The number of carbonyl (C=O) groups is 1. The molecule has 1 aromatic heterocycles. The molecule has 0 aliphatic carbocycles. The van der Waals surface area contributed by atoms with Gasteiger partial charge in [-0.25, -0.2) is 0 Å².